The van der Waals surface area contributed by atoms with E-state index in [4.69, 9.17) is 0 Å². The molecule has 0 atom stereocenters. The summed E-state index contributed by atoms with van der Waals surface area (Å²) in [5.74, 6) is 0.700. The minimum Gasteiger partial charge on any atom is -0.325 e. The lowest BCUT2D eigenvalue weighted by Gasteiger charge is -2.11. The third-order valence-electron chi connectivity index (χ3n) is 5.69. The zero-order valence-corrected chi connectivity index (χ0v) is 18.5. The summed E-state index contributed by atoms with van der Waals surface area (Å²) in [7, 11) is 1.81. The van der Waals surface area contributed by atoms with E-state index in [1.54, 1.807) is 45.5 Å². The van der Waals surface area contributed by atoms with Gasteiger partial charge < -0.3 is 4.57 Å². The van der Waals surface area contributed by atoms with Gasteiger partial charge in [0.15, 0.2) is 16.9 Å². The van der Waals surface area contributed by atoms with E-state index in [-0.39, 0.29) is 23.6 Å². The SMILES string of the molecule is CCCn1c(=O)n(Cc2ccc(C(=O)c3ccccc3)cc2)c(=O)c2c1nc(CC)n2C. The number of nitrogens with zero attached hydrogens (tertiary/aromatic N) is 4. The number of aryl methyl sites for hydroxylation is 3. The Morgan fingerprint density at radius 1 is 0.906 bits per heavy atom. The Morgan fingerprint density at radius 3 is 2.19 bits per heavy atom. The molecule has 0 saturated heterocycles. The van der Waals surface area contributed by atoms with Gasteiger partial charge in [-0.15, -0.1) is 0 Å². The van der Waals surface area contributed by atoms with E-state index in [1.807, 2.05) is 39.1 Å². The summed E-state index contributed by atoms with van der Waals surface area (Å²) in [6, 6.07) is 16.1. The summed E-state index contributed by atoms with van der Waals surface area (Å²) in [5, 5.41) is 0. The van der Waals surface area contributed by atoms with Crippen molar-refractivity contribution in [3.63, 3.8) is 0 Å². The molecule has 32 heavy (non-hydrogen) atoms. The fourth-order valence-electron chi connectivity index (χ4n) is 3.99. The van der Waals surface area contributed by atoms with Gasteiger partial charge >= 0.3 is 5.69 Å². The zero-order valence-electron chi connectivity index (χ0n) is 18.5. The van der Waals surface area contributed by atoms with E-state index in [0.29, 0.717) is 35.3 Å². The molecule has 0 aliphatic rings. The van der Waals surface area contributed by atoms with Crippen LogP contribution in [-0.4, -0.2) is 24.5 Å². The second-order valence-electron chi connectivity index (χ2n) is 7.83. The standard InChI is InChI=1S/C25H26N4O3/c1-4-15-28-23-21(27(3)20(5-2)26-23)24(31)29(25(28)32)16-17-11-13-19(14-12-17)22(30)18-9-7-6-8-10-18/h6-14H,4-5,15-16H2,1-3H3. The van der Waals surface area contributed by atoms with E-state index >= 15 is 0 Å². The van der Waals surface area contributed by atoms with E-state index in [1.165, 1.54) is 4.57 Å². The van der Waals surface area contributed by atoms with Crippen LogP contribution in [0.2, 0.25) is 0 Å². The van der Waals surface area contributed by atoms with Gasteiger partial charge in [-0.1, -0.05) is 68.4 Å². The first-order valence-corrected chi connectivity index (χ1v) is 10.8. The lowest BCUT2D eigenvalue weighted by Crippen LogP contribution is -2.40. The van der Waals surface area contributed by atoms with Crippen LogP contribution in [0.25, 0.3) is 11.2 Å². The molecule has 0 aliphatic carbocycles. The second-order valence-corrected chi connectivity index (χ2v) is 7.83. The highest BCUT2D eigenvalue weighted by molar-refractivity contribution is 6.08. The predicted molar refractivity (Wildman–Crippen MR) is 124 cm³/mol. The van der Waals surface area contributed by atoms with Crippen LogP contribution in [0.4, 0.5) is 0 Å². The smallest absolute Gasteiger partial charge is 0.325 e. The van der Waals surface area contributed by atoms with Crippen LogP contribution >= 0.6 is 0 Å². The quantitative estimate of drug-likeness (QED) is 0.422. The number of ketones is 1. The highest BCUT2D eigenvalue weighted by Crippen LogP contribution is 2.13. The summed E-state index contributed by atoms with van der Waals surface area (Å²) in [6.45, 7) is 4.57. The van der Waals surface area contributed by atoms with E-state index in [9.17, 15) is 14.4 Å². The molecule has 7 nitrogen and oxygen atoms in total. The summed E-state index contributed by atoms with van der Waals surface area (Å²) >= 11 is 0. The van der Waals surface area contributed by atoms with Gasteiger partial charge in [-0.2, -0.15) is 0 Å². The maximum atomic E-state index is 13.3. The molecule has 0 amide bonds. The molecule has 2 aromatic heterocycles. The minimum atomic E-state index is -0.366. The van der Waals surface area contributed by atoms with Crippen molar-refractivity contribution in [2.24, 2.45) is 7.05 Å². The average molecular weight is 431 g/mol. The lowest BCUT2D eigenvalue weighted by molar-refractivity contribution is 0.103. The van der Waals surface area contributed by atoms with Gasteiger partial charge in [-0.3, -0.25) is 18.7 Å². The molecule has 2 aromatic carbocycles. The van der Waals surface area contributed by atoms with E-state index in [0.717, 1.165) is 17.8 Å². The maximum absolute atomic E-state index is 13.3. The molecule has 0 bridgehead atoms. The van der Waals surface area contributed by atoms with Crippen molar-refractivity contribution in [2.45, 2.75) is 39.8 Å². The van der Waals surface area contributed by atoms with Crippen LogP contribution < -0.4 is 11.2 Å². The molecule has 4 rings (SSSR count). The Balaban J connectivity index is 1.74. The number of carbonyl (C=O) groups excluding carboxylic acids is 1. The van der Waals surface area contributed by atoms with Crippen molar-refractivity contribution < 1.29 is 4.79 Å². The summed E-state index contributed by atoms with van der Waals surface area (Å²) in [4.78, 5) is 43.6. The molecule has 4 aromatic rings. The Morgan fingerprint density at radius 2 is 1.56 bits per heavy atom. The van der Waals surface area contributed by atoms with Gasteiger partial charge in [-0.25, -0.2) is 9.78 Å². The molecular weight excluding hydrogens is 404 g/mol. The van der Waals surface area contributed by atoms with Gasteiger partial charge in [0.1, 0.15) is 5.82 Å². The van der Waals surface area contributed by atoms with Crippen molar-refractivity contribution in [1.29, 1.82) is 0 Å². The van der Waals surface area contributed by atoms with Crippen LogP contribution in [0.3, 0.4) is 0 Å². The van der Waals surface area contributed by atoms with Gasteiger partial charge in [0.2, 0.25) is 0 Å². The number of fused-ring (bicyclic) bond motifs is 1. The topological polar surface area (TPSA) is 78.9 Å². The monoisotopic (exact) mass is 430 g/mol. The maximum Gasteiger partial charge on any atom is 0.333 e. The van der Waals surface area contributed by atoms with Crippen molar-refractivity contribution in [3.8, 4) is 0 Å². The molecule has 2 heterocycles. The van der Waals surface area contributed by atoms with Crippen LogP contribution in [0, 0.1) is 0 Å². The fraction of sp³-hybridized carbons (Fsp3) is 0.280. The third-order valence-corrected chi connectivity index (χ3v) is 5.69. The lowest BCUT2D eigenvalue weighted by atomic mass is 10.0. The number of hydrogen-bond donors (Lipinski definition) is 0. The first kappa shape index (κ1) is 21.5. The Bertz CT molecular complexity index is 1390. The number of aromatic nitrogens is 4. The summed E-state index contributed by atoms with van der Waals surface area (Å²) in [6.07, 6.45) is 1.42. The van der Waals surface area contributed by atoms with Crippen molar-refractivity contribution in [3.05, 3.63) is 98.0 Å². The molecule has 0 radical (unpaired) electrons. The van der Waals surface area contributed by atoms with Crippen LogP contribution in [-0.2, 0) is 26.6 Å². The Hall–Kier alpha value is -3.74. The molecule has 0 fully saturated rings. The van der Waals surface area contributed by atoms with E-state index in [2.05, 4.69) is 4.98 Å². The van der Waals surface area contributed by atoms with Gasteiger partial charge in [0, 0.05) is 31.1 Å². The molecular formula is C25H26N4O3. The normalized spacial score (nSPS) is 11.2. The number of imidazole rings is 1. The molecule has 7 heteroatoms. The van der Waals surface area contributed by atoms with Crippen molar-refractivity contribution >= 4 is 16.9 Å². The first-order chi connectivity index (χ1) is 15.5. The molecule has 0 N–H and O–H groups in total. The van der Waals surface area contributed by atoms with Crippen LogP contribution in [0.15, 0.2) is 64.2 Å². The second kappa shape index (κ2) is 8.78. The fourth-order valence-corrected chi connectivity index (χ4v) is 3.99. The van der Waals surface area contributed by atoms with Crippen molar-refractivity contribution in [1.82, 2.24) is 18.7 Å². The Kier molecular flexibility index (Phi) is 5.90. The first-order valence-electron chi connectivity index (χ1n) is 10.8. The number of rotatable bonds is 7. The van der Waals surface area contributed by atoms with Crippen molar-refractivity contribution in [2.75, 3.05) is 0 Å². The van der Waals surface area contributed by atoms with Gasteiger partial charge in [0.25, 0.3) is 5.56 Å². The third kappa shape index (κ3) is 3.70. The predicted octanol–water partition coefficient (Wildman–Crippen LogP) is 3.15. The zero-order chi connectivity index (χ0) is 22.8. The Labute approximate surface area is 185 Å². The highest BCUT2D eigenvalue weighted by Gasteiger charge is 2.19. The summed E-state index contributed by atoms with van der Waals surface area (Å²) in [5.41, 5.74) is 2.12. The van der Waals surface area contributed by atoms with E-state index < -0.39 is 0 Å². The molecule has 0 aliphatic heterocycles. The number of carbonyl (C=O) groups is 1. The van der Waals surface area contributed by atoms with Crippen LogP contribution in [0.5, 0.6) is 0 Å². The molecule has 0 unspecified atom stereocenters. The number of hydrogen-bond acceptors (Lipinski definition) is 4. The minimum absolute atomic E-state index is 0.0667. The van der Waals surface area contributed by atoms with Gasteiger partial charge in [-0.05, 0) is 12.0 Å². The number of benzene rings is 2. The average Bonchev–Trinajstić information content (AvgIpc) is 3.16. The molecule has 0 saturated carbocycles. The highest BCUT2D eigenvalue weighted by atomic mass is 16.2. The van der Waals surface area contributed by atoms with Gasteiger partial charge in [0.05, 0.1) is 6.54 Å². The van der Waals surface area contributed by atoms with Crippen LogP contribution in [0.1, 0.15) is 47.6 Å². The molecule has 0 spiro atoms. The summed E-state index contributed by atoms with van der Waals surface area (Å²) < 4.78 is 4.62. The molecule has 164 valence electrons. The largest absolute Gasteiger partial charge is 0.333 e.